The first kappa shape index (κ1) is 18.3. The monoisotopic (exact) mass is 393 g/mol. The van der Waals surface area contributed by atoms with E-state index in [1.54, 1.807) is 23.5 Å². The lowest BCUT2D eigenvalue weighted by molar-refractivity contribution is 0.407. The van der Waals surface area contributed by atoms with Gasteiger partial charge in [0.15, 0.2) is 5.82 Å². The predicted octanol–water partition coefficient (Wildman–Crippen LogP) is 3.89. The summed E-state index contributed by atoms with van der Waals surface area (Å²) in [7, 11) is 1.49. The summed E-state index contributed by atoms with van der Waals surface area (Å²) in [5.41, 5.74) is 1.74. The number of thiophene rings is 1. The zero-order chi connectivity index (χ0) is 19.8. The summed E-state index contributed by atoms with van der Waals surface area (Å²) in [6.45, 7) is 2.22. The van der Waals surface area contributed by atoms with Crippen molar-refractivity contribution in [3.8, 4) is 17.6 Å². The van der Waals surface area contributed by atoms with Crippen molar-refractivity contribution >= 4 is 33.2 Å². The average Bonchev–Trinajstić information content (AvgIpc) is 3.04. The molecule has 142 valence electrons. The number of nitrogens with zero attached hydrogens (tertiary/aromatic N) is 2. The van der Waals surface area contributed by atoms with E-state index in [0.29, 0.717) is 27.4 Å². The zero-order valence-electron chi connectivity index (χ0n) is 15.6. The highest BCUT2D eigenvalue weighted by Crippen LogP contribution is 2.36. The van der Waals surface area contributed by atoms with Crippen LogP contribution in [0.3, 0.4) is 0 Å². The summed E-state index contributed by atoms with van der Waals surface area (Å²) in [5, 5.41) is 19.9. The number of phenolic OH excluding ortho intramolecular Hbond substituents is 1. The summed E-state index contributed by atoms with van der Waals surface area (Å²) in [4.78, 5) is 22.0. The first-order chi connectivity index (χ1) is 13.5. The Bertz CT molecular complexity index is 1200. The number of fused-ring (bicyclic) bond motifs is 3. The van der Waals surface area contributed by atoms with Gasteiger partial charge in [-0.25, -0.2) is 4.98 Å². The maximum absolute atomic E-state index is 12.8. The summed E-state index contributed by atoms with van der Waals surface area (Å²) in [6, 6.07) is 6.73. The molecule has 1 aromatic carbocycles. The lowest BCUT2D eigenvalue weighted by Crippen LogP contribution is -2.14. The molecule has 0 bridgehead atoms. The first-order valence-corrected chi connectivity index (χ1v) is 9.85. The van der Waals surface area contributed by atoms with Gasteiger partial charge in [-0.3, -0.25) is 4.79 Å². The van der Waals surface area contributed by atoms with E-state index in [0.717, 1.165) is 24.8 Å². The van der Waals surface area contributed by atoms with Gasteiger partial charge in [0.2, 0.25) is 0 Å². The number of allylic oxidation sites excluding steroid dienone is 1. The quantitative estimate of drug-likeness (QED) is 0.658. The van der Waals surface area contributed by atoms with Crippen molar-refractivity contribution in [1.82, 2.24) is 9.97 Å². The van der Waals surface area contributed by atoms with Crippen LogP contribution in [0.15, 0.2) is 23.0 Å². The predicted molar refractivity (Wildman–Crippen MR) is 110 cm³/mol. The average molecular weight is 393 g/mol. The second kappa shape index (κ2) is 7.13. The van der Waals surface area contributed by atoms with Crippen LogP contribution in [0.5, 0.6) is 11.5 Å². The highest BCUT2D eigenvalue weighted by atomic mass is 32.1. The van der Waals surface area contributed by atoms with Crippen LogP contribution in [-0.4, -0.2) is 22.2 Å². The Morgan fingerprint density at radius 1 is 1.50 bits per heavy atom. The molecule has 0 radical (unpaired) electrons. The Hall–Kier alpha value is -3.11. The van der Waals surface area contributed by atoms with Crippen LogP contribution < -0.4 is 10.3 Å². The van der Waals surface area contributed by atoms with E-state index in [9.17, 15) is 15.2 Å². The molecule has 0 amide bonds. The molecule has 1 unspecified atom stereocenters. The van der Waals surface area contributed by atoms with Gasteiger partial charge in [0.25, 0.3) is 5.56 Å². The van der Waals surface area contributed by atoms with E-state index in [1.165, 1.54) is 24.1 Å². The molecule has 6 nitrogen and oxygen atoms in total. The number of aromatic amines is 1. The molecule has 2 aromatic heterocycles. The molecule has 0 saturated carbocycles. The lowest BCUT2D eigenvalue weighted by Gasteiger charge is -2.17. The van der Waals surface area contributed by atoms with E-state index in [1.807, 2.05) is 0 Å². The van der Waals surface area contributed by atoms with Gasteiger partial charge in [0.1, 0.15) is 22.4 Å². The van der Waals surface area contributed by atoms with Crippen molar-refractivity contribution in [1.29, 1.82) is 5.26 Å². The van der Waals surface area contributed by atoms with E-state index < -0.39 is 0 Å². The molecule has 1 aliphatic carbocycles. The van der Waals surface area contributed by atoms with Crippen LogP contribution in [0.2, 0.25) is 0 Å². The van der Waals surface area contributed by atoms with Crippen molar-refractivity contribution in [2.45, 2.75) is 26.2 Å². The number of phenols is 1. The lowest BCUT2D eigenvalue weighted by atomic mass is 9.89. The highest BCUT2D eigenvalue weighted by molar-refractivity contribution is 7.18. The Kier molecular flexibility index (Phi) is 4.65. The molecule has 1 atom stereocenters. The minimum atomic E-state index is -0.203. The maximum Gasteiger partial charge on any atom is 0.260 e. The van der Waals surface area contributed by atoms with Crippen LogP contribution >= 0.6 is 11.3 Å². The standard InChI is InChI=1S/C21H19N3O3S/c1-11-3-6-15-17(7-11)28-21-18(15)20(26)23-19(24-21)13(10-22)8-12-4-5-14(25)9-16(12)27-2/h4-5,8-9,11,25H,3,6-7H2,1-2H3,(H,23,24,26)/b13-8+. The van der Waals surface area contributed by atoms with Gasteiger partial charge in [-0.15, -0.1) is 11.3 Å². The molecule has 0 spiro atoms. The number of hydrogen-bond donors (Lipinski definition) is 2. The summed E-state index contributed by atoms with van der Waals surface area (Å²) < 4.78 is 5.26. The summed E-state index contributed by atoms with van der Waals surface area (Å²) >= 11 is 1.55. The third-order valence-corrected chi connectivity index (χ3v) is 6.21. The molecule has 0 aliphatic heterocycles. The van der Waals surface area contributed by atoms with Gasteiger partial charge < -0.3 is 14.8 Å². The van der Waals surface area contributed by atoms with Gasteiger partial charge in [0.05, 0.1) is 18.1 Å². The minimum Gasteiger partial charge on any atom is -0.508 e. The van der Waals surface area contributed by atoms with Crippen LogP contribution in [0.25, 0.3) is 21.9 Å². The van der Waals surface area contributed by atoms with Crippen LogP contribution in [0.1, 0.15) is 35.2 Å². The van der Waals surface area contributed by atoms with E-state index in [4.69, 9.17) is 4.74 Å². The third kappa shape index (κ3) is 3.16. The number of nitriles is 1. The van der Waals surface area contributed by atoms with Gasteiger partial charge >= 0.3 is 0 Å². The fraction of sp³-hybridized carbons (Fsp3) is 0.286. The highest BCUT2D eigenvalue weighted by Gasteiger charge is 2.23. The van der Waals surface area contributed by atoms with Crippen LogP contribution in [0, 0.1) is 17.2 Å². The molecule has 1 aliphatic rings. The number of benzene rings is 1. The number of nitrogens with one attached hydrogen (secondary N) is 1. The van der Waals surface area contributed by atoms with Crippen molar-refractivity contribution in [2.75, 3.05) is 7.11 Å². The maximum atomic E-state index is 12.8. The molecule has 2 N–H and O–H groups in total. The van der Waals surface area contributed by atoms with Gasteiger partial charge in [-0.1, -0.05) is 6.92 Å². The molecular formula is C21H19N3O3S. The Morgan fingerprint density at radius 2 is 2.32 bits per heavy atom. The molecule has 2 heterocycles. The smallest absolute Gasteiger partial charge is 0.260 e. The Balaban J connectivity index is 1.84. The van der Waals surface area contributed by atoms with Crippen LogP contribution in [0.4, 0.5) is 0 Å². The molecule has 28 heavy (non-hydrogen) atoms. The molecular weight excluding hydrogens is 374 g/mol. The molecule has 0 fully saturated rings. The number of ether oxygens (including phenoxy) is 1. The SMILES string of the molecule is COc1cc(O)ccc1/C=C(\C#N)c1nc2sc3c(c2c(=O)[nH]1)CCC(C)C3. The van der Waals surface area contributed by atoms with Crippen molar-refractivity contribution in [2.24, 2.45) is 5.92 Å². The number of aromatic nitrogens is 2. The number of methoxy groups -OCH3 is 1. The normalized spacial score (nSPS) is 16.6. The van der Waals surface area contributed by atoms with Gasteiger partial charge in [0, 0.05) is 16.5 Å². The number of aryl methyl sites for hydroxylation is 1. The van der Waals surface area contributed by atoms with Gasteiger partial charge in [-0.05, 0) is 49.0 Å². The number of rotatable bonds is 3. The second-order valence-corrected chi connectivity index (χ2v) is 8.13. The number of aromatic hydroxyl groups is 1. The third-order valence-electron chi connectivity index (χ3n) is 5.06. The van der Waals surface area contributed by atoms with Crippen molar-refractivity contribution < 1.29 is 9.84 Å². The summed E-state index contributed by atoms with van der Waals surface area (Å²) in [5.74, 6) is 1.34. The first-order valence-electron chi connectivity index (χ1n) is 9.04. The minimum absolute atomic E-state index is 0.0684. The molecule has 7 heteroatoms. The van der Waals surface area contributed by atoms with Crippen LogP contribution in [-0.2, 0) is 12.8 Å². The fourth-order valence-electron chi connectivity index (χ4n) is 3.60. The van der Waals surface area contributed by atoms with Crippen molar-refractivity contribution in [3.05, 3.63) is 50.4 Å². The number of H-pyrrole nitrogens is 1. The zero-order valence-corrected chi connectivity index (χ0v) is 16.4. The van der Waals surface area contributed by atoms with Crippen molar-refractivity contribution in [3.63, 3.8) is 0 Å². The second-order valence-electron chi connectivity index (χ2n) is 7.04. The topological polar surface area (TPSA) is 99.0 Å². The largest absolute Gasteiger partial charge is 0.508 e. The number of hydrogen-bond acceptors (Lipinski definition) is 6. The molecule has 0 saturated heterocycles. The van der Waals surface area contributed by atoms with Gasteiger partial charge in [-0.2, -0.15) is 5.26 Å². The van der Waals surface area contributed by atoms with E-state index in [-0.39, 0.29) is 22.7 Å². The van der Waals surface area contributed by atoms with E-state index in [2.05, 4.69) is 23.0 Å². The molecule has 3 aromatic rings. The fourth-order valence-corrected chi connectivity index (χ4v) is 4.99. The Morgan fingerprint density at radius 3 is 3.07 bits per heavy atom. The van der Waals surface area contributed by atoms with E-state index >= 15 is 0 Å². The summed E-state index contributed by atoms with van der Waals surface area (Å²) in [6.07, 6.45) is 4.53. The molecule has 4 rings (SSSR count). The Labute approximate surface area is 165 Å².